The van der Waals surface area contributed by atoms with Gasteiger partial charge in [0.15, 0.2) is 0 Å². The topological polar surface area (TPSA) is 35.2 Å². The average Bonchev–Trinajstić information content (AvgIpc) is 1.82. The molecule has 0 amide bonds. The molecule has 5 heteroatoms. The molecule has 0 unspecified atom stereocenters. The third-order valence-corrected chi connectivity index (χ3v) is 1.15. The van der Waals surface area contributed by atoms with Gasteiger partial charge in [0.2, 0.25) is 0 Å². The number of rotatable bonds is 1. The Hall–Kier alpha value is -1.35. The summed E-state index contributed by atoms with van der Waals surface area (Å²) in [5, 5.41) is 0. The van der Waals surface area contributed by atoms with Gasteiger partial charge in [0.25, 0.3) is 0 Å². The van der Waals surface area contributed by atoms with Crippen LogP contribution in [0.3, 0.4) is 0 Å². The molecular formula is C7H6F3NO. The van der Waals surface area contributed by atoms with Crippen LogP contribution in [0, 0.1) is 0 Å². The van der Waals surface area contributed by atoms with Crippen molar-refractivity contribution in [2.45, 2.75) is 12.8 Å². The Balaban J connectivity index is 2.60. The number of alkyl halides is 3. The van der Waals surface area contributed by atoms with Gasteiger partial charge in [0.05, 0.1) is 12.1 Å². The minimum absolute atomic E-state index is 0.0456. The van der Waals surface area contributed by atoms with E-state index >= 15 is 0 Å². The van der Waals surface area contributed by atoms with E-state index in [1.807, 2.05) is 0 Å². The molecule has 0 bridgehead atoms. The van der Waals surface area contributed by atoms with Crippen LogP contribution in [-0.2, 0) is 4.74 Å². The number of ether oxygens (including phenoxy) is 1. The second kappa shape index (κ2) is 2.95. The van der Waals surface area contributed by atoms with Crippen molar-refractivity contribution in [3.63, 3.8) is 0 Å². The van der Waals surface area contributed by atoms with Gasteiger partial charge in [-0.1, -0.05) is 5.73 Å². The van der Waals surface area contributed by atoms with Gasteiger partial charge < -0.3 is 10.5 Å². The number of hydrogen-bond acceptors (Lipinski definition) is 2. The minimum Gasteiger partial charge on any atom is -0.410 e. The van der Waals surface area contributed by atoms with Crippen LogP contribution in [0.4, 0.5) is 13.2 Å². The lowest BCUT2D eigenvalue weighted by Crippen LogP contribution is -2.14. The van der Waals surface area contributed by atoms with Gasteiger partial charge in [-0.15, -0.1) is 13.2 Å². The second-order valence-corrected chi connectivity index (χ2v) is 2.19. The van der Waals surface area contributed by atoms with Crippen molar-refractivity contribution in [1.29, 1.82) is 0 Å². The lowest BCUT2D eigenvalue weighted by molar-refractivity contribution is -0.306. The Morgan fingerprint density at radius 3 is 2.67 bits per heavy atom. The molecule has 0 aromatic carbocycles. The summed E-state index contributed by atoms with van der Waals surface area (Å²) >= 11 is 0. The molecule has 1 rings (SSSR count). The first-order valence-electron chi connectivity index (χ1n) is 3.13. The summed E-state index contributed by atoms with van der Waals surface area (Å²) in [6.45, 7) is 0. The fourth-order valence-electron chi connectivity index (χ4n) is 0.758. The van der Waals surface area contributed by atoms with Gasteiger partial charge in [-0.05, 0) is 12.2 Å². The Kier molecular flexibility index (Phi) is 2.15. The summed E-state index contributed by atoms with van der Waals surface area (Å²) < 4.78 is 38.5. The van der Waals surface area contributed by atoms with Crippen molar-refractivity contribution in [2.75, 3.05) is 0 Å². The smallest absolute Gasteiger partial charge is 0.410 e. The Bertz CT molecular complexity index is 271. The van der Waals surface area contributed by atoms with Crippen LogP contribution in [0.1, 0.15) is 6.42 Å². The largest absolute Gasteiger partial charge is 0.572 e. The molecule has 0 aliphatic heterocycles. The molecule has 2 nitrogen and oxygen atoms in total. The first kappa shape index (κ1) is 8.74. The molecule has 0 heterocycles. The van der Waals surface area contributed by atoms with E-state index < -0.39 is 6.36 Å². The molecule has 0 saturated carbocycles. The van der Waals surface area contributed by atoms with E-state index in [0.29, 0.717) is 0 Å². The van der Waals surface area contributed by atoms with E-state index in [9.17, 15) is 13.2 Å². The van der Waals surface area contributed by atoms with Crippen molar-refractivity contribution >= 4 is 0 Å². The Morgan fingerprint density at radius 1 is 1.50 bits per heavy atom. The average molecular weight is 177 g/mol. The predicted molar refractivity (Wildman–Crippen MR) is 35.6 cm³/mol. The number of halogens is 3. The zero-order valence-corrected chi connectivity index (χ0v) is 5.98. The maximum absolute atomic E-state index is 11.6. The van der Waals surface area contributed by atoms with Gasteiger partial charge >= 0.3 is 6.36 Å². The first-order chi connectivity index (χ1) is 5.47. The molecule has 1 aliphatic carbocycles. The van der Waals surface area contributed by atoms with E-state index in [1.54, 1.807) is 0 Å². The summed E-state index contributed by atoms with van der Waals surface area (Å²) in [7, 11) is 0. The SMILES string of the molecule is NC1=C=CC=C(OC(F)(F)F)C1. The highest BCUT2D eigenvalue weighted by molar-refractivity contribution is 5.20. The van der Waals surface area contributed by atoms with Crippen molar-refractivity contribution in [2.24, 2.45) is 5.73 Å². The third-order valence-electron chi connectivity index (χ3n) is 1.15. The highest BCUT2D eigenvalue weighted by atomic mass is 19.4. The molecule has 66 valence electrons. The van der Waals surface area contributed by atoms with Crippen LogP contribution in [0.2, 0.25) is 0 Å². The molecule has 1 aliphatic rings. The maximum atomic E-state index is 11.6. The van der Waals surface area contributed by atoms with E-state index in [4.69, 9.17) is 5.73 Å². The molecule has 12 heavy (non-hydrogen) atoms. The first-order valence-corrected chi connectivity index (χ1v) is 3.13. The predicted octanol–water partition coefficient (Wildman–Crippen LogP) is 1.81. The van der Waals surface area contributed by atoms with Crippen LogP contribution >= 0.6 is 0 Å². The van der Waals surface area contributed by atoms with E-state index in [-0.39, 0.29) is 17.9 Å². The van der Waals surface area contributed by atoms with Crippen LogP contribution in [-0.4, -0.2) is 6.36 Å². The highest BCUT2D eigenvalue weighted by Crippen LogP contribution is 2.24. The van der Waals surface area contributed by atoms with Crippen LogP contribution in [0.15, 0.2) is 29.3 Å². The van der Waals surface area contributed by atoms with Gasteiger partial charge in [0, 0.05) is 0 Å². The molecule has 0 aromatic rings. The molecule has 0 aromatic heterocycles. The van der Waals surface area contributed by atoms with Crippen LogP contribution in [0.5, 0.6) is 0 Å². The van der Waals surface area contributed by atoms with Gasteiger partial charge in [-0.3, -0.25) is 0 Å². The highest BCUT2D eigenvalue weighted by Gasteiger charge is 2.32. The molecule has 0 atom stereocenters. The summed E-state index contributed by atoms with van der Waals surface area (Å²) in [6, 6.07) is 0. The summed E-state index contributed by atoms with van der Waals surface area (Å²) in [5.41, 5.74) is 8.01. The van der Waals surface area contributed by atoms with E-state index in [1.165, 1.54) is 12.2 Å². The number of hydrogen-bond donors (Lipinski definition) is 1. The van der Waals surface area contributed by atoms with Gasteiger partial charge in [-0.2, -0.15) is 0 Å². The zero-order valence-electron chi connectivity index (χ0n) is 5.98. The van der Waals surface area contributed by atoms with E-state index in [0.717, 1.165) is 0 Å². The van der Waals surface area contributed by atoms with Crippen LogP contribution < -0.4 is 5.73 Å². The standard InChI is InChI=1S/C7H6F3NO/c8-7(9,10)12-6-3-1-2-5(11)4-6/h1,3H,4,11H2. The van der Waals surface area contributed by atoms with Crippen molar-refractivity contribution < 1.29 is 17.9 Å². The van der Waals surface area contributed by atoms with Crippen molar-refractivity contribution in [3.8, 4) is 0 Å². The molecular weight excluding hydrogens is 171 g/mol. The number of nitrogens with two attached hydrogens (primary N) is 1. The lowest BCUT2D eigenvalue weighted by Gasteiger charge is -2.12. The monoisotopic (exact) mass is 177 g/mol. The molecule has 0 fully saturated rings. The lowest BCUT2D eigenvalue weighted by atomic mass is 10.2. The van der Waals surface area contributed by atoms with Crippen molar-refractivity contribution in [3.05, 3.63) is 29.3 Å². The Labute approximate surface area is 66.8 Å². The third kappa shape index (κ3) is 2.72. The molecule has 0 spiro atoms. The van der Waals surface area contributed by atoms with Gasteiger partial charge in [-0.25, -0.2) is 0 Å². The fraction of sp³-hybridized carbons (Fsp3) is 0.286. The quantitative estimate of drug-likeness (QED) is 0.620. The van der Waals surface area contributed by atoms with Crippen LogP contribution in [0.25, 0.3) is 0 Å². The van der Waals surface area contributed by atoms with Crippen molar-refractivity contribution in [1.82, 2.24) is 0 Å². The second-order valence-electron chi connectivity index (χ2n) is 2.19. The minimum atomic E-state index is -4.64. The summed E-state index contributed by atoms with van der Waals surface area (Å²) in [4.78, 5) is 0. The summed E-state index contributed by atoms with van der Waals surface area (Å²) in [6.07, 6.45) is -2.21. The summed E-state index contributed by atoms with van der Waals surface area (Å²) in [5.74, 6) is -0.209. The van der Waals surface area contributed by atoms with E-state index in [2.05, 4.69) is 10.5 Å². The fourth-order valence-corrected chi connectivity index (χ4v) is 0.758. The molecule has 0 radical (unpaired) electrons. The maximum Gasteiger partial charge on any atom is 0.572 e. The number of allylic oxidation sites excluding steroid dienone is 1. The zero-order chi connectivity index (χ0) is 9.19. The molecule has 2 N–H and O–H groups in total. The Morgan fingerprint density at radius 2 is 2.17 bits per heavy atom. The van der Waals surface area contributed by atoms with Gasteiger partial charge in [0.1, 0.15) is 5.76 Å². The molecule has 0 saturated heterocycles. The normalized spacial score (nSPS) is 16.9.